The minimum Gasteiger partial charge on any atom is -0.359 e. The first kappa shape index (κ1) is 14.1. The molecule has 1 aliphatic carbocycles. The molecule has 1 saturated carbocycles. The standard InChI is InChI=1S/C13H18F3N3S/c14-13(15,16)11-7-17-12(20-11)18-10-3-5-19(6-4-10)8-9-1-2-9/h7,9-10H,1-6,8H2,(H,17,18). The van der Waals surface area contributed by atoms with Crippen LogP contribution in [0, 0.1) is 5.92 Å². The normalized spacial score (nSPS) is 22.1. The number of nitrogens with zero attached hydrogens (tertiary/aromatic N) is 2. The highest BCUT2D eigenvalue weighted by Crippen LogP contribution is 2.35. The Bertz CT molecular complexity index is 448. The second-order valence-electron chi connectivity index (χ2n) is 5.69. The van der Waals surface area contributed by atoms with Crippen LogP contribution in [0.2, 0.25) is 0 Å². The van der Waals surface area contributed by atoms with Crippen LogP contribution in [0.5, 0.6) is 0 Å². The van der Waals surface area contributed by atoms with Gasteiger partial charge in [-0.2, -0.15) is 13.2 Å². The van der Waals surface area contributed by atoms with E-state index in [9.17, 15) is 13.2 Å². The Balaban J connectivity index is 1.48. The molecule has 0 radical (unpaired) electrons. The molecule has 0 unspecified atom stereocenters. The Morgan fingerprint density at radius 3 is 2.50 bits per heavy atom. The molecule has 7 heteroatoms. The molecule has 0 spiro atoms. The van der Waals surface area contributed by atoms with Crippen LogP contribution < -0.4 is 5.32 Å². The van der Waals surface area contributed by atoms with E-state index in [4.69, 9.17) is 0 Å². The molecular formula is C13H18F3N3S. The molecule has 0 bridgehead atoms. The lowest BCUT2D eigenvalue weighted by molar-refractivity contribution is -0.134. The fourth-order valence-electron chi connectivity index (χ4n) is 2.57. The van der Waals surface area contributed by atoms with Gasteiger partial charge in [0, 0.05) is 25.7 Å². The smallest absolute Gasteiger partial charge is 0.359 e. The lowest BCUT2D eigenvalue weighted by atomic mass is 10.1. The summed E-state index contributed by atoms with van der Waals surface area (Å²) in [5.41, 5.74) is 0. The number of thiazole rings is 1. The molecule has 0 atom stereocenters. The van der Waals surface area contributed by atoms with Gasteiger partial charge in [0.25, 0.3) is 0 Å². The van der Waals surface area contributed by atoms with Crippen molar-refractivity contribution in [3.63, 3.8) is 0 Å². The molecule has 20 heavy (non-hydrogen) atoms. The molecule has 1 saturated heterocycles. The minimum absolute atomic E-state index is 0.248. The van der Waals surface area contributed by atoms with E-state index in [2.05, 4.69) is 15.2 Å². The highest BCUT2D eigenvalue weighted by molar-refractivity contribution is 7.15. The van der Waals surface area contributed by atoms with Crippen LogP contribution in [-0.4, -0.2) is 35.6 Å². The molecule has 1 aromatic heterocycles. The van der Waals surface area contributed by atoms with E-state index in [1.165, 1.54) is 19.4 Å². The Kier molecular flexibility index (Phi) is 3.90. The summed E-state index contributed by atoms with van der Waals surface area (Å²) in [4.78, 5) is 5.67. The minimum atomic E-state index is -4.29. The summed E-state index contributed by atoms with van der Waals surface area (Å²) in [5, 5.41) is 3.53. The van der Waals surface area contributed by atoms with Crippen molar-refractivity contribution < 1.29 is 13.2 Å². The number of hydrogen-bond donors (Lipinski definition) is 1. The van der Waals surface area contributed by atoms with Gasteiger partial charge in [0.1, 0.15) is 4.88 Å². The molecule has 2 heterocycles. The summed E-state index contributed by atoms with van der Waals surface area (Å²) in [5.74, 6) is 0.896. The Hall–Kier alpha value is -0.820. The number of rotatable bonds is 4. The largest absolute Gasteiger partial charge is 0.427 e. The third kappa shape index (κ3) is 3.63. The van der Waals surface area contributed by atoms with Gasteiger partial charge in [-0.25, -0.2) is 4.98 Å². The maximum atomic E-state index is 12.5. The number of piperidine rings is 1. The summed E-state index contributed by atoms with van der Waals surface area (Å²) < 4.78 is 37.5. The van der Waals surface area contributed by atoms with Crippen LogP contribution in [0.1, 0.15) is 30.6 Å². The van der Waals surface area contributed by atoms with Crippen molar-refractivity contribution in [2.75, 3.05) is 25.0 Å². The number of nitrogens with one attached hydrogen (secondary N) is 1. The van der Waals surface area contributed by atoms with E-state index in [0.717, 1.165) is 38.0 Å². The Morgan fingerprint density at radius 2 is 1.95 bits per heavy atom. The van der Waals surface area contributed by atoms with E-state index in [0.29, 0.717) is 16.5 Å². The lowest BCUT2D eigenvalue weighted by Gasteiger charge is -2.32. The van der Waals surface area contributed by atoms with Gasteiger partial charge in [-0.1, -0.05) is 11.3 Å². The number of likely N-dealkylation sites (tertiary alicyclic amines) is 1. The zero-order valence-corrected chi connectivity index (χ0v) is 11.9. The van der Waals surface area contributed by atoms with E-state index < -0.39 is 11.1 Å². The third-order valence-corrected chi connectivity index (χ3v) is 4.89. The van der Waals surface area contributed by atoms with Crippen LogP contribution in [0.3, 0.4) is 0 Å². The van der Waals surface area contributed by atoms with Crippen molar-refractivity contribution in [1.29, 1.82) is 0 Å². The number of anilines is 1. The molecule has 3 rings (SSSR count). The predicted octanol–water partition coefficient (Wildman–Crippen LogP) is 3.45. The van der Waals surface area contributed by atoms with Crippen LogP contribution in [0.15, 0.2) is 6.20 Å². The number of alkyl halides is 3. The average Bonchev–Trinajstić information content (AvgIpc) is 3.06. The monoisotopic (exact) mass is 305 g/mol. The quantitative estimate of drug-likeness (QED) is 0.923. The first-order valence-corrected chi connectivity index (χ1v) is 7.84. The zero-order chi connectivity index (χ0) is 14.2. The van der Waals surface area contributed by atoms with E-state index in [1.54, 1.807) is 0 Å². The molecule has 1 N–H and O–H groups in total. The van der Waals surface area contributed by atoms with Crippen molar-refractivity contribution in [1.82, 2.24) is 9.88 Å². The molecule has 3 nitrogen and oxygen atoms in total. The highest BCUT2D eigenvalue weighted by atomic mass is 32.1. The van der Waals surface area contributed by atoms with Gasteiger partial charge in [-0.3, -0.25) is 0 Å². The molecule has 112 valence electrons. The van der Waals surface area contributed by atoms with Gasteiger partial charge >= 0.3 is 6.18 Å². The van der Waals surface area contributed by atoms with E-state index >= 15 is 0 Å². The maximum absolute atomic E-state index is 12.5. The SMILES string of the molecule is FC(F)(F)c1cnc(NC2CCN(CC3CC3)CC2)s1. The molecule has 0 aromatic carbocycles. The fraction of sp³-hybridized carbons (Fsp3) is 0.769. The second kappa shape index (κ2) is 5.52. The maximum Gasteiger partial charge on any atom is 0.427 e. The first-order chi connectivity index (χ1) is 9.50. The summed E-state index contributed by atoms with van der Waals surface area (Å²) in [6.07, 6.45) is 1.30. The van der Waals surface area contributed by atoms with Crippen molar-refractivity contribution in [2.45, 2.75) is 37.9 Å². The number of hydrogen-bond acceptors (Lipinski definition) is 4. The summed E-state index contributed by atoms with van der Waals surface area (Å²) in [7, 11) is 0. The highest BCUT2D eigenvalue weighted by Gasteiger charge is 2.33. The average molecular weight is 305 g/mol. The Labute approximate surface area is 120 Å². The molecule has 2 aliphatic rings. The fourth-order valence-corrected chi connectivity index (χ4v) is 3.33. The topological polar surface area (TPSA) is 28.2 Å². The second-order valence-corrected chi connectivity index (χ2v) is 6.72. The molecule has 2 fully saturated rings. The number of halogens is 3. The van der Waals surface area contributed by atoms with Crippen molar-refractivity contribution in [3.05, 3.63) is 11.1 Å². The Morgan fingerprint density at radius 1 is 1.25 bits per heavy atom. The summed E-state index contributed by atoms with van der Waals surface area (Å²) in [6.45, 7) is 3.26. The van der Waals surface area contributed by atoms with Crippen LogP contribution >= 0.6 is 11.3 Å². The lowest BCUT2D eigenvalue weighted by Crippen LogP contribution is -2.39. The van der Waals surface area contributed by atoms with Crippen molar-refractivity contribution >= 4 is 16.5 Å². The van der Waals surface area contributed by atoms with Crippen molar-refractivity contribution in [2.24, 2.45) is 5.92 Å². The van der Waals surface area contributed by atoms with Gasteiger partial charge in [0.05, 0.1) is 6.20 Å². The first-order valence-electron chi connectivity index (χ1n) is 7.02. The molecule has 1 aliphatic heterocycles. The summed E-state index contributed by atoms with van der Waals surface area (Å²) in [6, 6.07) is 0.248. The summed E-state index contributed by atoms with van der Waals surface area (Å²) >= 11 is 0.694. The van der Waals surface area contributed by atoms with Crippen LogP contribution in [0.4, 0.5) is 18.3 Å². The zero-order valence-electron chi connectivity index (χ0n) is 11.1. The van der Waals surface area contributed by atoms with E-state index in [-0.39, 0.29) is 6.04 Å². The molecule has 0 amide bonds. The third-order valence-electron chi connectivity index (χ3n) is 3.91. The van der Waals surface area contributed by atoms with Gasteiger partial charge in [0.2, 0.25) is 0 Å². The predicted molar refractivity (Wildman–Crippen MR) is 72.9 cm³/mol. The molecule has 1 aromatic rings. The van der Waals surface area contributed by atoms with Gasteiger partial charge in [-0.05, 0) is 31.6 Å². The van der Waals surface area contributed by atoms with Gasteiger partial charge in [-0.15, -0.1) is 0 Å². The van der Waals surface area contributed by atoms with Gasteiger partial charge < -0.3 is 10.2 Å². The van der Waals surface area contributed by atoms with Crippen molar-refractivity contribution in [3.8, 4) is 0 Å². The number of aromatic nitrogens is 1. The molecular weight excluding hydrogens is 287 g/mol. The van der Waals surface area contributed by atoms with Crippen LogP contribution in [0.25, 0.3) is 0 Å². The van der Waals surface area contributed by atoms with E-state index in [1.807, 2.05) is 0 Å². The van der Waals surface area contributed by atoms with Gasteiger partial charge in [0.15, 0.2) is 5.13 Å². The van der Waals surface area contributed by atoms with Crippen LogP contribution in [-0.2, 0) is 6.18 Å².